The molecule has 2 aromatic rings. The summed E-state index contributed by atoms with van der Waals surface area (Å²) in [6, 6.07) is 5.26. The van der Waals surface area contributed by atoms with Gasteiger partial charge in [0.05, 0.1) is 10.5 Å². The zero-order chi connectivity index (χ0) is 25.2. The number of imide groups is 1. The van der Waals surface area contributed by atoms with Crippen LogP contribution in [0.25, 0.3) is 0 Å². The highest BCUT2D eigenvalue weighted by Gasteiger charge is 2.30. The number of nitrogens with zero attached hydrogens (tertiary/aromatic N) is 2. The lowest BCUT2D eigenvalue weighted by molar-refractivity contribution is 0.0963. The van der Waals surface area contributed by atoms with Gasteiger partial charge in [-0.2, -0.15) is 0 Å². The molecule has 0 bridgehead atoms. The Morgan fingerprint density at radius 2 is 1.74 bits per heavy atom. The summed E-state index contributed by atoms with van der Waals surface area (Å²) in [6.07, 6.45) is 0.619. The van der Waals surface area contributed by atoms with E-state index in [2.05, 4.69) is 34.7 Å². The molecule has 1 aliphatic heterocycles. The fourth-order valence-electron chi connectivity index (χ4n) is 3.58. The van der Waals surface area contributed by atoms with E-state index >= 15 is 0 Å². The molecule has 1 aromatic heterocycles. The molecule has 0 aliphatic carbocycles. The number of amides is 4. The maximum absolute atomic E-state index is 13.0. The molecule has 4 amide bonds. The molecule has 1 aromatic carbocycles. The molecule has 0 fully saturated rings. The summed E-state index contributed by atoms with van der Waals surface area (Å²) in [5.74, 6) is -1.07. The zero-order valence-corrected chi connectivity index (χ0v) is 21.4. The molecule has 0 spiro atoms. The molecular weight excluding hydrogens is 478 g/mol. The number of fused-ring (bicyclic) bond motifs is 1. The van der Waals surface area contributed by atoms with Crippen LogP contribution >= 0.6 is 11.3 Å². The van der Waals surface area contributed by atoms with E-state index in [4.69, 9.17) is 0 Å². The van der Waals surface area contributed by atoms with Gasteiger partial charge in [0.2, 0.25) is 10.0 Å². The van der Waals surface area contributed by atoms with Crippen molar-refractivity contribution in [3.05, 3.63) is 45.8 Å². The standard InChI is InChI=1S/C22H29N5O5S2/c1-13(2)27-11-10-16-17(12-27)33-21(18(16)20(29)25-22(30)23-3)24-19(28)14-6-8-15(9-7-14)34(31,32)26(4)5/h6-9,13H,10-12H2,1-5H3,(H,24,28)(H2,23,25,29,30). The van der Waals surface area contributed by atoms with Crippen LogP contribution in [0.5, 0.6) is 0 Å². The van der Waals surface area contributed by atoms with Crippen LogP contribution in [0.4, 0.5) is 9.80 Å². The van der Waals surface area contributed by atoms with Crippen molar-refractivity contribution < 1.29 is 22.8 Å². The molecule has 3 rings (SSSR count). The summed E-state index contributed by atoms with van der Waals surface area (Å²) >= 11 is 1.31. The average Bonchev–Trinajstić information content (AvgIpc) is 3.15. The molecular formula is C22H29N5O5S2. The van der Waals surface area contributed by atoms with E-state index in [0.717, 1.165) is 21.3 Å². The number of carbonyl (C=O) groups is 3. The molecule has 0 atom stereocenters. The summed E-state index contributed by atoms with van der Waals surface area (Å²) < 4.78 is 25.6. The second kappa shape index (κ2) is 10.2. The smallest absolute Gasteiger partial charge is 0.321 e. The van der Waals surface area contributed by atoms with Gasteiger partial charge in [-0.15, -0.1) is 11.3 Å². The normalized spacial score (nSPS) is 14.1. The maximum Gasteiger partial charge on any atom is 0.321 e. The lowest BCUT2D eigenvalue weighted by Crippen LogP contribution is -2.39. The predicted molar refractivity (Wildman–Crippen MR) is 131 cm³/mol. The van der Waals surface area contributed by atoms with E-state index in [9.17, 15) is 22.8 Å². The van der Waals surface area contributed by atoms with Crippen LogP contribution in [0.1, 0.15) is 45.0 Å². The van der Waals surface area contributed by atoms with Crippen LogP contribution in [-0.2, 0) is 23.0 Å². The largest absolute Gasteiger partial charge is 0.341 e. The number of hydrogen-bond acceptors (Lipinski definition) is 7. The minimum Gasteiger partial charge on any atom is -0.341 e. The van der Waals surface area contributed by atoms with Crippen LogP contribution in [0.15, 0.2) is 29.2 Å². The Balaban J connectivity index is 1.92. The topological polar surface area (TPSA) is 128 Å². The van der Waals surface area contributed by atoms with E-state index in [1.165, 1.54) is 56.7 Å². The number of hydrogen-bond donors (Lipinski definition) is 3. The molecule has 12 heteroatoms. The van der Waals surface area contributed by atoms with Crippen molar-refractivity contribution in [2.24, 2.45) is 0 Å². The summed E-state index contributed by atoms with van der Waals surface area (Å²) in [7, 11) is 0.657. The molecule has 3 N–H and O–H groups in total. The number of rotatable bonds is 6. The maximum atomic E-state index is 13.0. The van der Waals surface area contributed by atoms with Gasteiger partial charge in [-0.05, 0) is 50.1 Å². The number of urea groups is 1. The molecule has 1 aliphatic rings. The summed E-state index contributed by atoms with van der Waals surface area (Å²) in [6.45, 7) is 5.60. The first-order valence-electron chi connectivity index (χ1n) is 10.7. The van der Waals surface area contributed by atoms with E-state index in [-0.39, 0.29) is 16.0 Å². The van der Waals surface area contributed by atoms with E-state index in [1.807, 2.05) is 0 Å². The Labute approximate surface area is 203 Å². The molecule has 34 heavy (non-hydrogen) atoms. The highest BCUT2D eigenvalue weighted by Crippen LogP contribution is 2.38. The first-order chi connectivity index (χ1) is 15.9. The van der Waals surface area contributed by atoms with Gasteiger partial charge in [0.25, 0.3) is 11.8 Å². The van der Waals surface area contributed by atoms with E-state index in [1.54, 1.807) is 0 Å². The van der Waals surface area contributed by atoms with Crippen LogP contribution in [-0.4, -0.2) is 69.2 Å². The Morgan fingerprint density at radius 3 is 2.29 bits per heavy atom. The Bertz CT molecular complexity index is 1200. The van der Waals surface area contributed by atoms with Gasteiger partial charge < -0.3 is 10.6 Å². The van der Waals surface area contributed by atoms with Crippen LogP contribution in [0, 0.1) is 0 Å². The van der Waals surface area contributed by atoms with Gasteiger partial charge in [0.15, 0.2) is 0 Å². The average molecular weight is 508 g/mol. The second-order valence-electron chi connectivity index (χ2n) is 8.32. The van der Waals surface area contributed by atoms with Crippen molar-refractivity contribution in [1.29, 1.82) is 0 Å². The third-order valence-electron chi connectivity index (χ3n) is 5.62. The summed E-state index contributed by atoms with van der Waals surface area (Å²) in [4.78, 5) is 40.9. The molecule has 0 saturated heterocycles. The number of carbonyl (C=O) groups excluding carboxylic acids is 3. The van der Waals surface area contributed by atoms with Crippen molar-refractivity contribution in [3.8, 4) is 0 Å². The quantitative estimate of drug-likeness (QED) is 0.549. The lowest BCUT2D eigenvalue weighted by atomic mass is 10.0. The van der Waals surface area contributed by atoms with Crippen molar-refractivity contribution in [2.75, 3.05) is 33.0 Å². The zero-order valence-electron chi connectivity index (χ0n) is 19.8. The highest BCUT2D eigenvalue weighted by molar-refractivity contribution is 7.89. The molecule has 2 heterocycles. The minimum atomic E-state index is -3.62. The van der Waals surface area contributed by atoms with Crippen molar-refractivity contribution in [3.63, 3.8) is 0 Å². The van der Waals surface area contributed by atoms with Gasteiger partial charge in [0, 0.05) is 50.7 Å². The number of sulfonamides is 1. The SMILES string of the molecule is CNC(=O)NC(=O)c1c(NC(=O)c2ccc(S(=O)(=O)N(C)C)cc2)sc2c1CCN(C(C)C)C2. The summed E-state index contributed by atoms with van der Waals surface area (Å²) in [5, 5.41) is 7.78. The number of benzene rings is 1. The van der Waals surface area contributed by atoms with E-state index in [0.29, 0.717) is 24.0 Å². The van der Waals surface area contributed by atoms with Gasteiger partial charge in [-0.1, -0.05) is 0 Å². The molecule has 0 saturated carbocycles. The predicted octanol–water partition coefficient (Wildman–Crippen LogP) is 2.09. The molecule has 0 unspecified atom stereocenters. The van der Waals surface area contributed by atoms with E-state index < -0.39 is 27.9 Å². The molecule has 184 valence electrons. The number of anilines is 1. The Kier molecular flexibility index (Phi) is 7.76. The van der Waals surface area contributed by atoms with Gasteiger partial charge in [0.1, 0.15) is 5.00 Å². The van der Waals surface area contributed by atoms with Crippen molar-refractivity contribution in [2.45, 2.75) is 37.8 Å². The van der Waals surface area contributed by atoms with Gasteiger partial charge in [-0.3, -0.25) is 19.8 Å². The fourth-order valence-corrected chi connectivity index (χ4v) is 5.75. The number of thiophene rings is 1. The first-order valence-corrected chi connectivity index (χ1v) is 13.0. The van der Waals surface area contributed by atoms with Crippen LogP contribution < -0.4 is 16.0 Å². The third kappa shape index (κ3) is 5.30. The van der Waals surface area contributed by atoms with Crippen molar-refractivity contribution >= 4 is 44.2 Å². The summed E-state index contributed by atoms with van der Waals surface area (Å²) in [5.41, 5.74) is 1.35. The third-order valence-corrected chi connectivity index (χ3v) is 8.58. The number of nitrogens with one attached hydrogen (secondary N) is 3. The van der Waals surface area contributed by atoms with Gasteiger partial charge >= 0.3 is 6.03 Å². The van der Waals surface area contributed by atoms with Crippen LogP contribution in [0.2, 0.25) is 0 Å². The van der Waals surface area contributed by atoms with Crippen molar-refractivity contribution in [1.82, 2.24) is 19.8 Å². The minimum absolute atomic E-state index is 0.0695. The molecule has 10 nitrogen and oxygen atoms in total. The Hall–Kier alpha value is -2.80. The van der Waals surface area contributed by atoms with Crippen LogP contribution in [0.3, 0.4) is 0 Å². The second-order valence-corrected chi connectivity index (χ2v) is 11.6. The first kappa shape index (κ1) is 25.8. The monoisotopic (exact) mass is 507 g/mol. The highest BCUT2D eigenvalue weighted by atomic mass is 32.2. The fraction of sp³-hybridized carbons (Fsp3) is 0.409. The Morgan fingerprint density at radius 1 is 1.09 bits per heavy atom. The van der Waals surface area contributed by atoms with Gasteiger partial charge in [-0.25, -0.2) is 17.5 Å². The molecule has 0 radical (unpaired) electrons. The lowest BCUT2D eigenvalue weighted by Gasteiger charge is -2.30.